The molecule has 3 N–H and O–H groups in total. The van der Waals surface area contributed by atoms with E-state index in [4.69, 9.17) is 36.6 Å². The molecule has 9 rings (SSSR count). The molecule has 2 bridgehead atoms. The van der Waals surface area contributed by atoms with E-state index in [9.17, 15) is 24.9 Å². The molecule has 3 aliphatic heterocycles. The second kappa shape index (κ2) is 19.2. The fourth-order valence-electron chi connectivity index (χ4n) is 8.80. The van der Waals surface area contributed by atoms with E-state index in [1.807, 2.05) is 19.1 Å². The summed E-state index contributed by atoms with van der Waals surface area (Å²) in [4.78, 5) is 63.6. The Hall–Kier alpha value is -5.82. The summed E-state index contributed by atoms with van der Waals surface area (Å²) in [5, 5.41) is 24.3. The number of carbonyl (C=O) groups is 2. The highest BCUT2D eigenvalue weighted by Crippen LogP contribution is 2.68. The zero-order valence-electron chi connectivity index (χ0n) is 37.8. The van der Waals surface area contributed by atoms with Crippen LogP contribution in [0.1, 0.15) is 82.6 Å². The van der Waals surface area contributed by atoms with Gasteiger partial charge in [-0.05, 0) is 31.4 Å². The number of carbonyl (C=O) groups excluding carboxylic acids is 2. The van der Waals surface area contributed by atoms with Crippen LogP contribution in [0.3, 0.4) is 0 Å². The van der Waals surface area contributed by atoms with Crippen LogP contribution < -0.4 is 16.2 Å². The molecule has 7 heterocycles. The number of benzene rings is 1. The van der Waals surface area contributed by atoms with Gasteiger partial charge in [-0.1, -0.05) is 45.9 Å². The first-order valence-electron chi connectivity index (χ1n) is 22.2. The number of nitriles is 2. The minimum Gasteiger partial charge on any atom is -0.346 e. The number of phosphoric ester groups is 2. The van der Waals surface area contributed by atoms with E-state index >= 15 is 9.13 Å². The highest BCUT2D eigenvalue weighted by atomic mass is 31.2. The molecule has 10 atom stereocenters. The number of aromatic nitrogens is 8. The molecule has 1 aromatic carbocycles. The molecule has 0 spiro atoms. The fraction of sp³-hybridized carbons (Fsp3) is 0.524. The van der Waals surface area contributed by atoms with E-state index in [1.54, 1.807) is 55.7 Å². The van der Waals surface area contributed by atoms with Gasteiger partial charge in [-0.2, -0.15) is 15.5 Å². The molecular formula is C42H48N12O13P2. The number of H-pyrrole nitrogens is 1. The molecule has 3 saturated heterocycles. The summed E-state index contributed by atoms with van der Waals surface area (Å²) in [5.74, 6) is -2.70. The average Bonchev–Trinajstić information content (AvgIpc) is 3.68. The maximum Gasteiger partial charge on any atom is 0.475 e. The Morgan fingerprint density at radius 2 is 1.58 bits per heavy atom. The minimum absolute atomic E-state index is 0.0309. The summed E-state index contributed by atoms with van der Waals surface area (Å²) in [5.41, 5.74) is -2.88. The van der Waals surface area contributed by atoms with Crippen molar-refractivity contribution in [2.75, 3.05) is 37.1 Å². The summed E-state index contributed by atoms with van der Waals surface area (Å²) in [6.07, 6.45) is -0.486. The number of imidazole rings is 2. The number of hydrogen-bond acceptors (Lipinski definition) is 20. The molecule has 0 radical (unpaired) electrons. The molecule has 69 heavy (non-hydrogen) atoms. The van der Waals surface area contributed by atoms with Gasteiger partial charge in [-0.15, -0.1) is 0 Å². The van der Waals surface area contributed by atoms with Crippen molar-refractivity contribution in [1.82, 2.24) is 39.0 Å². The highest BCUT2D eigenvalue weighted by molar-refractivity contribution is 7.48. The third-order valence-electron chi connectivity index (χ3n) is 12.5. The van der Waals surface area contributed by atoms with Crippen molar-refractivity contribution < 1.29 is 55.3 Å². The molecule has 2 unspecified atom stereocenters. The van der Waals surface area contributed by atoms with Crippen molar-refractivity contribution in [3.8, 4) is 12.1 Å². The molecule has 5 aromatic rings. The third-order valence-corrected chi connectivity index (χ3v) is 15.4. The summed E-state index contributed by atoms with van der Waals surface area (Å²) in [6, 6.07) is 12.5. The maximum absolute atomic E-state index is 15.2. The van der Waals surface area contributed by atoms with Crippen molar-refractivity contribution in [2.24, 2.45) is 17.8 Å². The molecule has 4 fully saturated rings. The van der Waals surface area contributed by atoms with Crippen molar-refractivity contribution in [3.63, 3.8) is 0 Å². The molecule has 1 aliphatic carbocycles. The molecule has 364 valence electrons. The van der Waals surface area contributed by atoms with Gasteiger partial charge in [-0.3, -0.25) is 61.0 Å². The van der Waals surface area contributed by atoms with Crippen LogP contribution in [0.25, 0.3) is 22.3 Å². The number of rotatable bonds is 14. The van der Waals surface area contributed by atoms with Gasteiger partial charge in [0.1, 0.15) is 36.0 Å². The quantitative estimate of drug-likeness (QED) is 0.0888. The number of fused-ring (bicyclic) bond motifs is 3. The van der Waals surface area contributed by atoms with Crippen LogP contribution in [0.4, 0.5) is 11.8 Å². The van der Waals surface area contributed by atoms with Gasteiger partial charge >= 0.3 is 15.6 Å². The van der Waals surface area contributed by atoms with Crippen molar-refractivity contribution >= 4 is 61.6 Å². The van der Waals surface area contributed by atoms with E-state index in [1.165, 1.54) is 23.5 Å². The van der Waals surface area contributed by atoms with Gasteiger partial charge in [0.2, 0.25) is 11.9 Å². The minimum atomic E-state index is -4.77. The number of aromatic amines is 1. The molecule has 1 saturated carbocycles. The summed E-state index contributed by atoms with van der Waals surface area (Å²) >= 11 is 0. The molecular weight excluding hydrogens is 942 g/mol. The van der Waals surface area contributed by atoms with Crippen LogP contribution in [0.5, 0.6) is 0 Å². The van der Waals surface area contributed by atoms with Crippen LogP contribution in [0, 0.1) is 40.4 Å². The van der Waals surface area contributed by atoms with Crippen molar-refractivity contribution in [3.05, 3.63) is 65.2 Å². The van der Waals surface area contributed by atoms with E-state index in [-0.39, 0.29) is 73.0 Å². The van der Waals surface area contributed by atoms with E-state index in [0.717, 1.165) is 0 Å². The first kappa shape index (κ1) is 48.2. The predicted molar refractivity (Wildman–Crippen MR) is 238 cm³/mol. The Labute approximate surface area is 393 Å². The lowest BCUT2D eigenvalue weighted by Gasteiger charge is -2.36. The molecule has 2 amide bonds. The van der Waals surface area contributed by atoms with Crippen molar-refractivity contribution in [2.45, 2.75) is 95.7 Å². The standard InChI is InChI=1S/C42H48N12O13P2/c1-5-26-31-41(6-2,64-38(26)53-22-47-28-32(45-21-46-33(28)53)49-36(56)25-12-8-7-9-13-25)19-62-68(58,60-16-10-14-43)66-30-27-18-42(27,20-63-69(59,67-31)61-17-11-15-44)65-39(30)54-23-48-29-34(54)50-40(52-37(29)57)51-35(55)24(3)4/h7-9,12-13,21-24,26-27,30-31,38-39H,5-6,10-11,16-20H2,1-4H3,(H,45,46,49,56)(H2,50,51,52,55,57)/t26-,27+,30-,31+,38-,39-,41-,42-,68?,69?/m1/s1. The van der Waals surface area contributed by atoms with Crippen molar-refractivity contribution in [1.29, 1.82) is 10.5 Å². The van der Waals surface area contributed by atoms with Gasteiger partial charge in [0.25, 0.3) is 11.5 Å². The molecule has 4 aromatic heterocycles. The Balaban J connectivity index is 1.10. The number of hydrogen-bond donors (Lipinski definition) is 3. The van der Waals surface area contributed by atoms with E-state index < -0.39 is 99.9 Å². The zero-order valence-corrected chi connectivity index (χ0v) is 39.5. The SMILES string of the molecule is CC[C@H]1[C@H](n2cnc3c(NC(=O)c4ccccc4)ncnc32)O[C@]2(CC)COP(=O)(OCCC#N)O[C@H]3[C@H](n4cnc5c(=O)[nH]c(NC(=O)C(C)C)nc54)O[C@@]4(COP(=O)(OCCC#N)O[C@@H]12)C[C@@H]34. The van der Waals surface area contributed by atoms with Crippen LogP contribution in [0.15, 0.2) is 54.1 Å². The predicted octanol–water partition coefficient (Wildman–Crippen LogP) is 5.69. The lowest BCUT2D eigenvalue weighted by atomic mass is 9.87. The number of anilines is 2. The van der Waals surface area contributed by atoms with Crippen LogP contribution in [0.2, 0.25) is 0 Å². The Bertz CT molecular complexity index is 3010. The first-order valence-corrected chi connectivity index (χ1v) is 25.2. The molecule has 4 aliphatic rings. The summed E-state index contributed by atoms with van der Waals surface area (Å²) in [6.45, 7) is 5.20. The maximum atomic E-state index is 15.2. The average molecular weight is 991 g/mol. The van der Waals surface area contributed by atoms with Gasteiger partial charge in [0.15, 0.2) is 34.4 Å². The number of nitrogens with zero attached hydrogens (tertiary/aromatic N) is 9. The third kappa shape index (κ3) is 9.23. The second-order valence-corrected chi connectivity index (χ2v) is 20.4. The number of amides is 2. The topological polar surface area (TPSA) is 321 Å². The number of phosphoric acid groups is 2. The van der Waals surface area contributed by atoms with Gasteiger partial charge < -0.3 is 14.8 Å². The monoisotopic (exact) mass is 990 g/mol. The van der Waals surface area contributed by atoms with Crippen LogP contribution in [-0.4, -0.2) is 101 Å². The lowest BCUT2D eigenvalue weighted by Crippen LogP contribution is -2.46. The Kier molecular flexibility index (Phi) is 13.4. The second-order valence-electron chi connectivity index (χ2n) is 17.2. The normalized spacial score (nSPS) is 30.9. The summed E-state index contributed by atoms with van der Waals surface area (Å²) in [7, 11) is -9.48. The van der Waals surface area contributed by atoms with E-state index in [0.29, 0.717) is 12.0 Å². The van der Waals surface area contributed by atoms with Crippen LogP contribution in [-0.2, 0) is 50.5 Å². The van der Waals surface area contributed by atoms with Gasteiger partial charge in [0.05, 0.1) is 64.1 Å². The van der Waals surface area contributed by atoms with E-state index in [2.05, 4.69) is 40.5 Å². The smallest absolute Gasteiger partial charge is 0.346 e. The summed E-state index contributed by atoms with van der Waals surface area (Å²) < 4.78 is 84.1. The first-order chi connectivity index (χ1) is 33.2. The lowest BCUT2D eigenvalue weighted by molar-refractivity contribution is -0.134. The van der Waals surface area contributed by atoms with Gasteiger partial charge in [0, 0.05) is 23.3 Å². The zero-order chi connectivity index (χ0) is 48.7. The molecule has 27 heteroatoms. The highest BCUT2D eigenvalue weighted by Gasteiger charge is 2.71. The Morgan fingerprint density at radius 1 is 0.899 bits per heavy atom. The largest absolute Gasteiger partial charge is 0.475 e. The van der Waals surface area contributed by atoms with Gasteiger partial charge in [-0.25, -0.2) is 29.1 Å². The fourth-order valence-corrected chi connectivity index (χ4v) is 11.8. The number of ether oxygens (including phenoxy) is 2. The number of nitrogens with one attached hydrogen (secondary N) is 3. The Morgan fingerprint density at radius 3 is 2.26 bits per heavy atom. The van der Waals surface area contributed by atoms with Crippen LogP contribution >= 0.6 is 15.6 Å². The molecule has 25 nitrogen and oxygen atoms in total.